The minimum Gasteiger partial charge on any atom is -0.341 e. The molecule has 110 valence electrons. The monoisotopic (exact) mass is 295 g/mol. The molecule has 2 fully saturated rings. The predicted octanol–water partition coefficient (Wildman–Crippen LogP) is 1.75. The molecule has 1 saturated heterocycles. The zero-order valence-electron chi connectivity index (χ0n) is 12.0. The van der Waals surface area contributed by atoms with E-state index in [1.54, 1.807) is 0 Å². The van der Waals surface area contributed by atoms with E-state index < -0.39 is 0 Å². The minimum absolute atomic E-state index is 0.121. The number of aromatic nitrogens is 4. The van der Waals surface area contributed by atoms with Crippen molar-refractivity contribution < 1.29 is 4.79 Å². The number of nitrogens with zero attached hydrogens (tertiary/aromatic N) is 5. The molecule has 7 heteroatoms. The van der Waals surface area contributed by atoms with E-state index in [1.807, 2.05) is 16.5 Å². The Kier molecular flexibility index (Phi) is 3.96. The van der Waals surface area contributed by atoms with Gasteiger partial charge in [-0.3, -0.25) is 4.79 Å². The Morgan fingerprint density at radius 2 is 2.20 bits per heavy atom. The molecule has 1 aliphatic heterocycles. The molecule has 1 aliphatic carbocycles. The van der Waals surface area contributed by atoms with Crippen LogP contribution in [-0.4, -0.2) is 49.4 Å². The van der Waals surface area contributed by atoms with Crippen LogP contribution in [0.3, 0.4) is 0 Å². The van der Waals surface area contributed by atoms with Crippen LogP contribution in [0, 0.1) is 5.92 Å². The lowest BCUT2D eigenvalue weighted by molar-refractivity contribution is -0.132. The van der Waals surface area contributed by atoms with Crippen LogP contribution in [0.4, 0.5) is 0 Å². The average Bonchev–Trinajstić information content (AvgIpc) is 3.18. The Balaban J connectivity index is 1.61. The molecule has 1 saturated carbocycles. The standard InChI is InChI=1S/C13H21N5OS/c1-9-4-3-7-17(8-9)12(19)10(2)20-13-14-15-16-18(13)11-5-6-11/h9-11H,3-8H2,1-2H3. The van der Waals surface area contributed by atoms with Gasteiger partial charge in [0.15, 0.2) is 0 Å². The second-order valence-corrected chi connectivity index (χ2v) is 7.24. The quantitative estimate of drug-likeness (QED) is 0.792. The van der Waals surface area contributed by atoms with Crippen molar-refractivity contribution in [3.05, 3.63) is 0 Å². The first-order valence-electron chi connectivity index (χ1n) is 7.38. The lowest BCUT2D eigenvalue weighted by atomic mass is 10.0. The van der Waals surface area contributed by atoms with Crippen molar-refractivity contribution in [2.24, 2.45) is 5.92 Å². The zero-order chi connectivity index (χ0) is 14.1. The van der Waals surface area contributed by atoms with Crippen molar-refractivity contribution in [2.45, 2.75) is 56.0 Å². The molecule has 2 unspecified atom stereocenters. The molecule has 20 heavy (non-hydrogen) atoms. The third kappa shape index (κ3) is 2.97. The van der Waals surface area contributed by atoms with Gasteiger partial charge in [-0.1, -0.05) is 18.7 Å². The number of thioether (sulfide) groups is 1. The van der Waals surface area contributed by atoms with Gasteiger partial charge < -0.3 is 4.90 Å². The van der Waals surface area contributed by atoms with E-state index in [0.29, 0.717) is 12.0 Å². The summed E-state index contributed by atoms with van der Waals surface area (Å²) in [4.78, 5) is 14.5. The van der Waals surface area contributed by atoms with E-state index in [1.165, 1.54) is 18.2 Å². The van der Waals surface area contributed by atoms with Crippen molar-refractivity contribution in [1.29, 1.82) is 0 Å². The maximum absolute atomic E-state index is 12.5. The van der Waals surface area contributed by atoms with Crippen molar-refractivity contribution in [3.8, 4) is 0 Å². The molecule has 1 amide bonds. The average molecular weight is 295 g/mol. The zero-order valence-corrected chi connectivity index (χ0v) is 12.8. The third-order valence-corrected chi connectivity index (χ3v) is 4.99. The molecule has 2 atom stereocenters. The Bertz CT molecular complexity index is 487. The Labute approximate surface area is 123 Å². The number of likely N-dealkylation sites (tertiary alicyclic amines) is 1. The Morgan fingerprint density at radius 1 is 1.40 bits per heavy atom. The summed E-state index contributed by atoms with van der Waals surface area (Å²) >= 11 is 1.48. The molecule has 1 aromatic rings. The molecule has 0 bridgehead atoms. The maximum Gasteiger partial charge on any atom is 0.235 e. The van der Waals surface area contributed by atoms with E-state index in [0.717, 1.165) is 37.5 Å². The summed E-state index contributed by atoms with van der Waals surface area (Å²) in [7, 11) is 0. The highest BCUT2D eigenvalue weighted by atomic mass is 32.2. The SMILES string of the molecule is CC1CCCN(C(=O)C(C)Sc2nnnn2C2CC2)C1. The molecule has 3 rings (SSSR count). The maximum atomic E-state index is 12.5. The molecule has 2 heterocycles. The van der Waals surface area contributed by atoms with Crippen LogP contribution in [0.2, 0.25) is 0 Å². The summed E-state index contributed by atoms with van der Waals surface area (Å²) < 4.78 is 1.87. The molecule has 1 aromatic heterocycles. The molecular weight excluding hydrogens is 274 g/mol. The molecule has 0 aromatic carbocycles. The number of tetrazole rings is 1. The normalized spacial score (nSPS) is 24.7. The van der Waals surface area contributed by atoms with E-state index >= 15 is 0 Å². The van der Waals surface area contributed by atoms with Crippen LogP contribution in [0.25, 0.3) is 0 Å². The van der Waals surface area contributed by atoms with Gasteiger partial charge in [-0.2, -0.15) is 0 Å². The molecular formula is C13H21N5OS. The molecule has 6 nitrogen and oxygen atoms in total. The van der Waals surface area contributed by atoms with Crippen LogP contribution in [0.1, 0.15) is 45.6 Å². The lowest BCUT2D eigenvalue weighted by Gasteiger charge is -2.32. The lowest BCUT2D eigenvalue weighted by Crippen LogP contribution is -2.42. The number of carbonyl (C=O) groups excluding carboxylic acids is 1. The molecule has 0 N–H and O–H groups in total. The van der Waals surface area contributed by atoms with Crippen molar-refractivity contribution >= 4 is 17.7 Å². The molecule has 0 spiro atoms. The van der Waals surface area contributed by atoms with Crippen molar-refractivity contribution in [3.63, 3.8) is 0 Å². The third-order valence-electron chi connectivity index (χ3n) is 3.95. The summed E-state index contributed by atoms with van der Waals surface area (Å²) in [6.45, 7) is 5.95. The fraction of sp³-hybridized carbons (Fsp3) is 0.846. The Morgan fingerprint density at radius 3 is 2.90 bits per heavy atom. The first-order valence-corrected chi connectivity index (χ1v) is 8.26. The second-order valence-electron chi connectivity index (χ2n) is 5.93. The van der Waals surface area contributed by atoms with Crippen molar-refractivity contribution in [1.82, 2.24) is 25.1 Å². The first kappa shape index (κ1) is 13.9. The smallest absolute Gasteiger partial charge is 0.235 e. The number of amides is 1. The van der Waals surface area contributed by atoms with E-state index in [9.17, 15) is 4.79 Å². The topological polar surface area (TPSA) is 63.9 Å². The van der Waals surface area contributed by atoms with Crippen LogP contribution < -0.4 is 0 Å². The van der Waals surface area contributed by atoms with E-state index in [4.69, 9.17) is 0 Å². The summed E-state index contributed by atoms with van der Waals surface area (Å²) in [5.74, 6) is 0.827. The highest BCUT2D eigenvalue weighted by molar-refractivity contribution is 8.00. The number of hydrogen-bond donors (Lipinski definition) is 0. The summed E-state index contributed by atoms with van der Waals surface area (Å²) in [6.07, 6.45) is 4.63. The van der Waals surface area contributed by atoms with Gasteiger partial charge in [0.1, 0.15) is 0 Å². The summed E-state index contributed by atoms with van der Waals surface area (Å²) in [6, 6.07) is 0.449. The van der Waals surface area contributed by atoms with Gasteiger partial charge in [0.05, 0.1) is 11.3 Å². The van der Waals surface area contributed by atoms with Gasteiger partial charge in [0.25, 0.3) is 0 Å². The van der Waals surface area contributed by atoms with Crippen LogP contribution in [0.15, 0.2) is 5.16 Å². The Hall–Kier alpha value is -1.11. The predicted molar refractivity (Wildman–Crippen MR) is 76.4 cm³/mol. The van der Waals surface area contributed by atoms with Gasteiger partial charge in [0, 0.05) is 13.1 Å². The highest BCUT2D eigenvalue weighted by Crippen LogP contribution is 2.37. The van der Waals surface area contributed by atoms with Crippen LogP contribution in [0.5, 0.6) is 0 Å². The van der Waals surface area contributed by atoms with Gasteiger partial charge in [-0.05, 0) is 49.0 Å². The highest BCUT2D eigenvalue weighted by Gasteiger charge is 2.31. The van der Waals surface area contributed by atoms with Crippen LogP contribution >= 0.6 is 11.8 Å². The summed E-state index contributed by atoms with van der Waals surface area (Å²) in [5.41, 5.74) is 0. The number of piperidine rings is 1. The first-order chi connectivity index (χ1) is 9.65. The fourth-order valence-electron chi connectivity index (χ4n) is 2.67. The second kappa shape index (κ2) is 5.71. The molecule has 2 aliphatic rings. The molecule has 0 radical (unpaired) electrons. The number of rotatable bonds is 4. The minimum atomic E-state index is -0.121. The van der Waals surface area contributed by atoms with E-state index in [-0.39, 0.29) is 11.2 Å². The van der Waals surface area contributed by atoms with Gasteiger partial charge >= 0.3 is 0 Å². The number of hydrogen-bond acceptors (Lipinski definition) is 5. The summed E-state index contributed by atoms with van der Waals surface area (Å²) in [5, 5.41) is 12.5. The van der Waals surface area contributed by atoms with E-state index in [2.05, 4.69) is 22.4 Å². The fourth-order valence-corrected chi connectivity index (χ4v) is 3.61. The van der Waals surface area contributed by atoms with Crippen molar-refractivity contribution in [2.75, 3.05) is 13.1 Å². The van der Waals surface area contributed by atoms with Gasteiger partial charge in [-0.15, -0.1) is 5.10 Å². The largest absolute Gasteiger partial charge is 0.341 e. The van der Waals surface area contributed by atoms with Gasteiger partial charge in [-0.25, -0.2) is 4.68 Å². The number of carbonyl (C=O) groups is 1. The van der Waals surface area contributed by atoms with Crippen LogP contribution in [-0.2, 0) is 4.79 Å². The van der Waals surface area contributed by atoms with Gasteiger partial charge in [0.2, 0.25) is 11.1 Å².